The number of hydrogen-bond donors (Lipinski definition) is 1. The van der Waals surface area contributed by atoms with E-state index in [2.05, 4.69) is 19.2 Å². The average molecular weight is 227 g/mol. The van der Waals surface area contributed by atoms with E-state index in [9.17, 15) is 0 Å². The Bertz CT molecular complexity index is 155. The van der Waals surface area contributed by atoms with E-state index in [0.29, 0.717) is 6.10 Å². The van der Waals surface area contributed by atoms with Crippen LogP contribution in [-0.4, -0.2) is 25.8 Å². The monoisotopic (exact) mass is 227 g/mol. The van der Waals surface area contributed by atoms with Gasteiger partial charge in [-0.05, 0) is 31.7 Å². The first-order valence-electron chi connectivity index (χ1n) is 7.15. The largest absolute Gasteiger partial charge is 0.377 e. The fraction of sp³-hybridized carbons (Fsp3) is 1.00. The molecule has 0 amide bonds. The van der Waals surface area contributed by atoms with Crippen molar-refractivity contribution in [3.63, 3.8) is 0 Å². The molecule has 1 rings (SSSR count). The van der Waals surface area contributed by atoms with E-state index in [1.54, 1.807) is 0 Å². The summed E-state index contributed by atoms with van der Waals surface area (Å²) in [6, 6.07) is 0. The second-order valence-electron chi connectivity index (χ2n) is 5.23. The highest BCUT2D eigenvalue weighted by Gasteiger charge is 2.12. The first kappa shape index (κ1) is 14.0. The molecule has 1 aliphatic carbocycles. The summed E-state index contributed by atoms with van der Waals surface area (Å²) in [4.78, 5) is 0. The lowest BCUT2D eigenvalue weighted by Gasteiger charge is -2.22. The lowest BCUT2D eigenvalue weighted by Crippen LogP contribution is -2.27. The summed E-state index contributed by atoms with van der Waals surface area (Å²) in [7, 11) is 0. The van der Waals surface area contributed by atoms with Gasteiger partial charge in [0.25, 0.3) is 0 Å². The summed E-state index contributed by atoms with van der Waals surface area (Å²) in [6.07, 6.45) is 9.89. The summed E-state index contributed by atoms with van der Waals surface area (Å²) in [5.74, 6) is 0.805. The van der Waals surface area contributed by atoms with Gasteiger partial charge in [-0.25, -0.2) is 0 Å². The molecule has 0 heterocycles. The molecule has 2 heteroatoms. The highest BCUT2D eigenvalue weighted by molar-refractivity contribution is 4.65. The van der Waals surface area contributed by atoms with E-state index in [4.69, 9.17) is 4.74 Å². The van der Waals surface area contributed by atoms with Crippen molar-refractivity contribution in [3.8, 4) is 0 Å². The van der Waals surface area contributed by atoms with Crippen molar-refractivity contribution >= 4 is 0 Å². The molecule has 2 nitrogen and oxygen atoms in total. The number of ether oxygens (including phenoxy) is 1. The molecule has 1 atom stereocenters. The van der Waals surface area contributed by atoms with Crippen LogP contribution >= 0.6 is 0 Å². The van der Waals surface area contributed by atoms with Crippen LogP contribution in [0, 0.1) is 5.92 Å². The van der Waals surface area contributed by atoms with Gasteiger partial charge in [0.15, 0.2) is 0 Å². The van der Waals surface area contributed by atoms with Crippen LogP contribution in [0.4, 0.5) is 0 Å². The molecule has 0 aromatic rings. The van der Waals surface area contributed by atoms with Crippen molar-refractivity contribution in [1.29, 1.82) is 0 Å². The summed E-state index contributed by atoms with van der Waals surface area (Å²) < 4.78 is 5.86. The smallest absolute Gasteiger partial charge is 0.0594 e. The molecule has 1 aliphatic rings. The van der Waals surface area contributed by atoms with Crippen molar-refractivity contribution in [2.75, 3.05) is 19.7 Å². The van der Waals surface area contributed by atoms with Crippen molar-refractivity contribution in [3.05, 3.63) is 0 Å². The molecule has 0 aromatic carbocycles. The van der Waals surface area contributed by atoms with Crippen LogP contribution in [-0.2, 0) is 4.74 Å². The van der Waals surface area contributed by atoms with Gasteiger partial charge >= 0.3 is 0 Å². The third-order valence-corrected chi connectivity index (χ3v) is 3.46. The molecule has 1 saturated carbocycles. The normalized spacial score (nSPS) is 19.9. The Hall–Kier alpha value is -0.0800. The molecule has 1 unspecified atom stereocenters. The predicted octanol–water partition coefficient (Wildman–Crippen LogP) is 3.36. The summed E-state index contributed by atoms with van der Waals surface area (Å²) in [5.41, 5.74) is 0. The minimum Gasteiger partial charge on any atom is -0.377 e. The van der Waals surface area contributed by atoms with E-state index in [1.807, 2.05) is 0 Å². The van der Waals surface area contributed by atoms with Gasteiger partial charge in [-0.1, -0.05) is 39.5 Å². The number of hydrogen-bond acceptors (Lipinski definition) is 2. The maximum atomic E-state index is 5.86. The van der Waals surface area contributed by atoms with Gasteiger partial charge in [-0.15, -0.1) is 0 Å². The van der Waals surface area contributed by atoms with Crippen LogP contribution in [0.5, 0.6) is 0 Å². The maximum absolute atomic E-state index is 5.86. The zero-order chi connectivity index (χ0) is 11.6. The molecule has 0 bridgehead atoms. The third-order valence-electron chi connectivity index (χ3n) is 3.46. The SMILES string of the molecule is CCCC(C)CNCCOC1CCCCC1. The van der Waals surface area contributed by atoms with Gasteiger partial charge in [0.2, 0.25) is 0 Å². The highest BCUT2D eigenvalue weighted by atomic mass is 16.5. The standard InChI is InChI=1S/C14H29NO/c1-3-7-13(2)12-15-10-11-16-14-8-5-4-6-9-14/h13-15H,3-12H2,1-2H3. The average Bonchev–Trinajstić information content (AvgIpc) is 2.30. The molecule has 1 N–H and O–H groups in total. The van der Waals surface area contributed by atoms with Gasteiger partial charge in [-0.2, -0.15) is 0 Å². The van der Waals surface area contributed by atoms with Crippen LogP contribution in [0.3, 0.4) is 0 Å². The molecule has 96 valence electrons. The van der Waals surface area contributed by atoms with Crippen LogP contribution in [0.15, 0.2) is 0 Å². The van der Waals surface area contributed by atoms with Crippen LogP contribution < -0.4 is 5.32 Å². The van der Waals surface area contributed by atoms with Crippen LogP contribution in [0.25, 0.3) is 0 Å². The van der Waals surface area contributed by atoms with E-state index in [-0.39, 0.29) is 0 Å². The van der Waals surface area contributed by atoms with Crippen molar-refractivity contribution < 1.29 is 4.74 Å². The maximum Gasteiger partial charge on any atom is 0.0594 e. The second-order valence-corrected chi connectivity index (χ2v) is 5.23. The molecule has 0 aliphatic heterocycles. The number of rotatable bonds is 8. The zero-order valence-electron chi connectivity index (χ0n) is 11.1. The summed E-state index contributed by atoms with van der Waals surface area (Å²) >= 11 is 0. The van der Waals surface area contributed by atoms with Gasteiger partial charge in [0.1, 0.15) is 0 Å². The van der Waals surface area contributed by atoms with Gasteiger partial charge in [0, 0.05) is 6.54 Å². The number of nitrogens with one attached hydrogen (secondary N) is 1. The highest BCUT2D eigenvalue weighted by Crippen LogP contribution is 2.19. The second kappa shape index (κ2) is 9.00. The fourth-order valence-electron chi connectivity index (χ4n) is 2.47. The van der Waals surface area contributed by atoms with Gasteiger partial charge in [0.05, 0.1) is 12.7 Å². The third kappa shape index (κ3) is 6.49. The van der Waals surface area contributed by atoms with Crippen LogP contribution in [0.1, 0.15) is 58.8 Å². The molecule has 0 saturated heterocycles. The minimum atomic E-state index is 0.559. The van der Waals surface area contributed by atoms with E-state index in [1.165, 1.54) is 44.9 Å². The first-order valence-corrected chi connectivity index (χ1v) is 7.15. The first-order chi connectivity index (χ1) is 7.83. The van der Waals surface area contributed by atoms with Crippen molar-refractivity contribution in [1.82, 2.24) is 5.32 Å². The Morgan fingerprint density at radius 1 is 1.25 bits per heavy atom. The molecule has 16 heavy (non-hydrogen) atoms. The van der Waals surface area contributed by atoms with E-state index >= 15 is 0 Å². The predicted molar refractivity (Wildman–Crippen MR) is 69.8 cm³/mol. The molecular weight excluding hydrogens is 198 g/mol. The zero-order valence-corrected chi connectivity index (χ0v) is 11.1. The lowest BCUT2D eigenvalue weighted by molar-refractivity contribution is 0.0301. The fourth-order valence-corrected chi connectivity index (χ4v) is 2.47. The van der Waals surface area contributed by atoms with Gasteiger partial charge in [-0.3, -0.25) is 0 Å². The minimum absolute atomic E-state index is 0.559. The molecule has 0 aromatic heterocycles. The molecule has 1 fully saturated rings. The van der Waals surface area contributed by atoms with Gasteiger partial charge < -0.3 is 10.1 Å². The van der Waals surface area contributed by atoms with E-state index < -0.39 is 0 Å². The molecule has 0 spiro atoms. The topological polar surface area (TPSA) is 21.3 Å². The van der Waals surface area contributed by atoms with Crippen molar-refractivity contribution in [2.45, 2.75) is 64.9 Å². The Kier molecular flexibility index (Phi) is 7.87. The lowest BCUT2D eigenvalue weighted by atomic mass is 9.98. The van der Waals surface area contributed by atoms with E-state index in [0.717, 1.165) is 25.6 Å². The van der Waals surface area contributed by atoms with Crippen LogP contribution in [0.2, 0.25) is 0 Å². The molecule has 0 radical (unpaired) electrons. The quantitative estimate of drug-likeness (QED) is 0.642. The Balaban J connectivity index is 1.87. The Morgan fingerprint density at radius 2 is 2.00 bits per heavy atom. The summed E-state index contributed by atoms with van der Waals surface area (Å²) in [5, 5.41) is 3.48. The Morgan fingerprint density at radius 3 is 2.69 bits per heavy atom. The summed E-state index contributed by atoms with van der Waals surface area (Å²) in [6.45, 7) is 7.62. The Labute approximate surface area is 101 Å². The molecular formula is C14H29NO. The van der Waals surface area contributed by atoms with Crippen molar-refractivity contribution in [2.24, 2.45) is 5.92 Å².